The van der Waals surface area contributed by atoms with Gasteiger partial charge in [0.1, 0.15) is 5.75 Å². The van der Waals surface area contributed by atoms with Crippen LogP contribution in [0, 0.1) is 11.6 Å². The molecule has 5 heteroatoms. The molecular weight excluding hydrogens is 356 g/mol. The fourth-order valence-electron chi connectivity index (χ4n) is 3.09. The molecule has 0 heterocycles. The Balaban J connectivity index is 1.95. The van der Waals surface area contributed by atoms with Crippen LogP contribution in [0.5, 0.6) is 5.75 Å². The molecule has 2 aromatic rings. The molecule has 0 N–H and O–H groups in total. The monoisotopic (exact) mass is 382 g/mol. The standard InChI is InChI=1S/C22H26F4O/c1-2-3-4-5-6-7-8-9-17-12-15-19(21(24)20(17)23)16-10-13-18(14-11-16)27-22(25)26/h10-15,22H,2-9H2,1H3. The van der Waals surface area contributed by atoms with Crippen molar-refractivity contribution in [2.75, 3.05) is 0 Å². The Morgan fingerprint density at radius 2 is 1.41 bits per heavy atom. The summed E-state index contributed by atoms with van der Waals surface area (Å²) in [7, 11) is 0. The summed E-state index contributed by atoms with van der Waals surface area (Å²) in [5, 5.41) is 0. The van der Waals surface area contributed by atoms with E-state index in [9.17, 15) is 17.6 Å². The lowest BCUT2D eigenvalue weighted by atomic mass is 9.99. The lowest BCUT2D eigenvalue weighted by Gasteiger charge is -2.10. The molecule has 0 fully saturated rings. The van der Waals surface area contributed by atoms with Gasteiger partial charge in [0, 0.05) is 5.56 Å². The second kappa shape index (κ2) is 11.0. The van der Waals surface area contributed by atoms with E-state index in [1.54, 1.807) is 6.07 Å². The molecule has 0 saturated carbocycles. The van der Waals surface area contributed by atoms with Crippen molar-refractivity contribution in [1.29, 1.82) is 0 Å². The number of unbranched alkanes of at least 4 members (excludes halogenated alkanes) is 6. The van der Waals surface area contributed by atoms with E-state index in [2.05, 4.69) is 11.7 Å². The Hall–Kier alpha value is -2.04. The van der Waals surface area contributed by atoms with Crippen molar-refractivity contribution in [3.63, 3.8) is 0 Å². The number of rotatable bonds is 11. The van der Waals surface area contributed by atoms with Crippen molar-refractivity contribution >= 4 is 0 Å². The highest BCUT2D eigenvalue weighted by atomic mass is 19.3. The number of hydrogen-bond acceptors (Lipinski definition) is 1. The Morgan fingerprint density at radius 1 is 0.778 bits per heavy atom. The number of halogens is 4. The average Bonchev–Trinajstić information content (AvgIpc) is 2.65. The smallest absolute Gasteiger partial charge is 0.387 e. The van der Waals surface area contributed by atoms with Gasteiger partial charge in [0.2, 0.25) is 0 Å². The third-order valence-corrected chi connectivity index (χ3v) is 4.60. The van der Waals surface area contributed by atoms with Gasteiger partial charge in [0.05, 0.1) is 0 Å². The van der Waals surface area contributed by atoms with Crippen molar-refractivity contribution in [1.82, 2.24) is 0 Å². The molecule has 0 unspecified atom stereocenters. The number of aryl methyl sites for hydroxylation is 1. The molecule has 0 aromatic heterocycles. The summed E-state index contributed by atoms with van der Waals surface area (Å²) >= 11 is 0. The summed E-state index contributed by atoms with van der Waals surface area (Å²) in [5.74, 6) is -1.76. The summed E-state index contributed by atoms with van der Waals surface area (Å²) in [6.07, 6.45) is 8.35. The van der Waals surface area contributed by atoms with E-state index in [1.807, 2.05) is 0 Å². The largest absolute Gasteiger partial charge is 0.435 e. The lowest BCUT2D eigenvalue weighted by molar-refractivity contribution is -0.0498. The molecule has 0 aliphatic carbocycles. The fraction of sp³-hybridized carbons (Fsp3) is 0.455. The second-order valence-corrected chi connectivity index (χ2v) is 6.67. The maximum Gasteiger partial charge on any atom is 0.387 e. The first-order chi connectivity index (χ1) is 13.0. The Bertz CT molecular complexity index is 698. The van der Waals surface area contributed by atoms with E-state index in [0.29, 0.717) is 17.5 Å². The first kappa shape index (κ1) is 21.3. The van der Waals surface area contributed by atoms with Crippen LogP contribution in [-0.4, -0.2) is 6.61 Å². The first-order valence-electron chi connectivity index (χ1n) is 9.55. The minimum atomic E-state index is -2.92. The van der Waals surface area contributed by atoms with Crippen LogP contribution >= 0.6 is 0 Å². The van der Waals surface area contributed by atoms with E-state index < -0.39 is 18.2 Å². The van der Waals surface area contributed by atoms with Crippen LogP contribution in [0.4, 0.5) is 17.6 Å². The molecule has 148 valence electrons. The van der Waals surface area contributed by atoms with Crippen molar-refractivity contribution < 1.29 is 22.3 Å². The quantitative estimate of drug-likeness (QED) is 0.288. The third-order valence-electron chi connectivity index (χ3n) is 4.60. The SMILES string of the molecule is CCCCCCCCCc1ccc(-c2ccc(OC(F)F)cc2)c(F)c1F. The zero-order chi connectivity index (χ0) is 19.6. The molecule has 0 atom stereocenters. The predicted molar refractivity (Wildman–Crippen MR) is 100 cm³/mol. The van der Waals surface area contributed by atoms with Gasteiger partial charge in [-0.15, -0.1) is 0 Å². The highest BCUT2D eigenvalue weighted by Crippen LogP contribution is 2.29. The zero-order valence-electron chi connectivity index (χ0n) is 15.6. The van der Waals surface area contributed by atoms with Gasteiger partial charge >= 0.3 is 6.61 Å². The molecule has 0 radical (unpaired) electrons. The molecule has 0 aliphatic heterocycles. The minimum absolute atomic E-state index is 0.0230. The van der Waals surface area contributed by atoms with Gasteiger partial charge in [-0.25, -0.2) is 8.78 Å². The highest BCUT2D eigenvalue weighted by Gasteiger charge is 2.15. The third kappa shape index (κ3) is 6.56. The topological polar surface area (TPSA) is 9.23 Å². The molecule has 27 heavy (non-hydrogen) atoms. The van der Waals surface area contributed by atoms with E-state index >= 15 is 0 Å². The summed E-state index contributed by atoms with van der Waals surface area (Å²) in [6, 6.07) is 8.64. The van der Waals surface area contributed by atoms with Gasteiger partial charge < -0.3 is 4.74 Å². The van der Waals surface area contributed by atoms with Crippen LogP contribution in [0.1, 0.15) is 57.4 Å². The summed E-state index contributed by atoms with van der Waals surface area (Å²) in [5.41, 5.74) is 0.900. The normalized spacial score (nSPS) is 11.2. The van der Waals surface area contributed by atoms with Crippen molar-refractivity contribution in [3.05, 3.63) is 53.6 Å². The van der Waals surface area contributed by atoms with Crippen molar-refractivity contribution in [3.8, 4) is 16.9 Å². The van der Waals surface area contributed by atoms with E-state index in [0.717, 1.165) is 19.3 Å². The first-order valence-corrected chi connectivity index (χ1v) is 9.55. The maximum atomic E-state index is 14.4. The molecule has 0 amide bonds. The van der Waals surface area contributed by atoms with Crippen LogP contribution in [-0.2, 0) is 6.42 Å². The van der Waals surface area contributed by atoms with E-state index in [4.69, 9.17) is 0 Å². The predicted octanol–water partition coefficient (Wildman–Crippen LogP) is 7.53. The van der Waals surface area contributed by atoms with Gasteiger partial charge in [0.15, 0.2) is 11.6 Å². The van der Waals surface area contributed by atoms with E-state index in [-0.39, 0.29) is 11.3 Å². The molecule has 2 aromatic carbocycles. The highest BCUT2D eigenvalue weighted by molar-refractivity contribution is 5.65. The second-order valence-electron chi connectivity index (χ2n) is 6.67. The molecule has 1 nitrogen and oxygen atoms in total. The molecule has 0 aliphatic rings. The molecule has 0 bridgehead atoms. The van der Waals surface area contributed by atoms with Crippen molar-refractivity contribution in [2.45, 2.75) is 64.9 Å². The number of alkyl halides is 2. The van der Waals surface area contributed by atoms with Gasteiger partial charge in [-0.05, 0) is 36.1 Å². The molecule has 0 saturated heterocycles. The zero-order valence-corrected chi connectivity index (χ0v) is 15.6. The van der Waals surface area contributed by atoms with Crippen LogP contribution in [0.15, 0.2) is 36.4 Å². The number of ether oxygens (including phenoxy) is 1. The number of benzene rings is 2. The van der Waals surface area contributed by atoms with Crippen molar-refractivity contribution in [2.24, 2.45) is 0 Å². The van der Waals surface area contributed by atoms with Gasteiger partial charge in [0.25, 0.3) is 0 Å². The Kier molecular flexibility index (Phi) is 8.62. The number of hydrogen-bond donors (Lipinski definition) is 0. The van der Waals surface area contributed by atoms with E-state index in [1.165, 1.54) is 56.0 Å². The molecule has 0 spiro atoms. The van der Waals surface area contributed by atoms with Crippen LogP contribution in [0.25, 0.3) is 11.1 Å². The van der Waals surface area contributed by atoms with Gasteiger partial charge in [-0.3, -0.25) is 0 Å². The van der Waals surface area contributed by atoms with Gasteiger partial charge in [-0.1, -0.05) is 69.7 Å². The fourth-order valence-corrected chi connectivity index (χ4v) is 3.09. The van der Waals surface area contributed by atoms with Crippen LogP contribution in [0.3, 0.4) is 0 Å². The van der Waals surface area contributed by atoms with Crippen LogP contribution < -0.4 is 4.74 Å². The molecular formula is C22H26F4O. The van der Waals surface area contributed by atoms with Crippen LogP contribution in [0.2, 0.25) is 0 Å². The molecule has 2 rings (SSSR count). The maximum absolute atomic E-state index is 14.4. The Labute approximate surface area is 158 Å². The van der Waals surface area contributed by atoms with Gasteiger partial charge in [-0.2, -0.15) is 8.78 Å². The summed E-state index contributed by atoms with van der Waals surface area (Å²) in [4.78, 5) is 0. The summed E-state index contributed by atoms with van der Waals surface area (Å²) in [6.45, 7) is -0.747. The minimum Gasteiger partial charge on any atom is -0.435 e. The Morgan fingerprint density at radius 3 is 2.04 bits per heavy atom. The lowest BCUT2D eigenvalue weighted by Crippen LogP contribution is -2.01. The summed E-state index contributed by atoms with van der Waals surface area (Å²) < 4.78 is 57.4. The average molecular weight is 382 g/mol.